The van der Waals surface area contributed by atoms with E-state index in [4.69, 9.17) is 16.3 Å². The van der Waals surface area contributed by atoms with Gasteiger partial charge in [0, 0.05) is 18.1 Å². The lowest BCUT2D eigenvalue weighted by atomic mass is 10.0. The predicted octanol–water partition coefficient (Wildman–Crippen LogP) is 8.18. The highest BCUT2D eigenvalue weighted by Crippen LogP contribution is 2.28. The summed E-state index contributed by atoms with van der Waals surface area (Å²) in [4.78, 5) is 14.8. The van der Waals surface area contributed by atoms with E-state index in [1.807, 2.05) is 54.6 Å². The van der Waals surface area contributed by atoms with Gasteiger partial charge in [-0.3, -0.25) is 4.90 Å². The molecule has 0 aliphatic carbocycles. The summed E-state index contributed by atoms with van der Waals surface area (Å²) in [5.41, 5.74) is 4.80. The highest BCUT2D eigenvalue weighted by atomic mass is 35.5. The summed E-state index contributed by atoms with van der Waals surface area (Å²) in [5.74, 6) is -0.419. The standard InChI is InChI=1S/C39H38ClNO5S/c1-2-46-39(43)34-16-6-13-31(24-34)32-14-8-18-37(26-32)47(44,45)36-21-19-29(20-22-36)12-9-23-41(27-30-10-4-3-5-11-30)28-38(42)33-15-7-17-35(40)25-33/h3-8,10-11,13-22,24-26,38,42H,2,9,12,23,27-28H2,1H3/t38-/m0/s1. The van der Waals surface area contributed by atoms with Crippen molar-refractivity contribution in [2.45, 2.75) is 42.2 Å². The molecule has 0 aliphatic heterocycles. The van der Waals surface area contributed by atoms with Gasteiger partial charge in [-0.2, -0.15) is 0 Å². The number of aliphatic hydroxyl groups excluding tert-OH is 1. The lowest BCUT2D eigenvalue weighted by Crippen LogP contribution is -2.29. The molecule has 0 saturated heterocycles. The van der Waals surface area contributed by atoms with Crippen LogP contribution in [0.4, 0.5) is 0 Å². The zero-order valence-corrected chi connectivity index (χ0v) is 27.8. The Hall–Kier alpha value is -4.27. The molecule has 1 N–H and O–H groups in total. The topological polar surface area (TPSA) is 83.9 Å². The highest BCUT2D eigenvalue weighted by molar-refractivity contribution is 7.91. The third-order valence-electron chi connectivity index (χ3n) is 7.94. The van der Waals surface area contributed by atoms with Gasteiger partial charge in [0.1, 0.15) is 0 Å². The number of aryl methyl sites for hydroxylation is 1. The highest BCUT2D eigenvalue weighted by Gasteiger charge is 2.19. The van der Waals surface area contributed by atoms with Crippen molar-refractivity contribution < 1.29 is 23.1 Å². The number of benzene rings is 5. The zero-order chi connectivity index (χ0) is 33.2. The predicted molar refractivity (Wildman–Crippen MR) is 186 cm³/mol. The Morgan fingerprint density at radius 2 is 1.49 bits per heavy atom. The Morgan fingerprint density at radius 1 is 0.787 bits per heavy atom. The van der Waals surface area contributed by atoms with Gasteiger partial charge in [-0.05, 0) is 103 Å². The van der Waals surface area contributed by atoms with Gasteiger partial charge in [0.2, 0.25) is 9.84 Å². The van der Waals surface area contributed by atoms with Gasteiger partial charge in [0.05, 0.1) is 28.1 Å². The number of esters is 1. The van der Waals surface area contributed by atoms with Gasteiger partial charge in [0.15, 0.2) is 0 Å². The molecular formula is C39H38ClNO5S. The molecule has 0 amide bonds. The third kappa shape index (κ3) is 9.18. The minimum atomic E-state index is -3.77. The van der Waals surface area contributed by atoms with Crippen LogP contribution < -0.4 is 0 Å². The van der Waals surface area contributed by atoms with E-state index >= 15 is 0 Å². The smallest absolute Gasteiger partial charge is 0.338 e. The summed E-state index contributed by atoms with van der Waals surface area (Å²) in [5, 5.41) is 11.6. The van der Waals surface area contributed by atoms with Crippen molar-refractivity contribution in [2.75, 3.05) is 19.7 Å². The van der Waals surface area contributed by atoms with E-state index in [1.165, 1.54) is 0 Å². The minimum Gasteiger partial charge on any atom is -0.462 e. The second kappa shape index (κ2) is 16.0. The van der Waals surface area contributed by atoms with E-state index < -0.39 is 21.9 Å². The number of ether oxygens (including phenoxy) is 1. The first-order chi connectivity index (χ1) is 22.7. The number of sulfone groups is 1. The van der Waals surface area contributed by atoms with Gasteiger partial charge in [-0.15, -0.1) is 0 Å². The number of nitrogens with zero attached hydrogens (tertiary/aromatic N) is 1. The fourth-order valence-corrected chi connectivity index (χ4v) is 7.01. The summed E-state index contributed by atoms with van der Waals surface area (Å²) in [7, 11) is -3.77. The molecular weight excluding hydrogens is 630 g/mol. The van der Waals surface area contributed by atoms with Crippen molar-refractivity contribution in [1.82, 2.24) is 4.90 Å². The van der Waals surface area contributed by atoms with Crippen LogP contribution in [0.5, 0.6) is 0 Å². The Balaban J connectivity index is 1.24. The van der Waals surface area contributed by atoms with Crippen molar-refractivity contribution in [3.05, 3.63) is 155 Å². The minimum absolute atomic E-state index is 0.180. The first kappa shape index (κ1) is 34.1. The van der Waals surface area contributed by atoms with Crippen LogP contribution in [0.15, 0.2) is 137 Å². The molecule has 1 atom stereocenters. The van der Waals surface area contributed by atoms with Crippen LogP contribution in [-0.2, 0) is 27.5 Å². The molecule has 0 aromatic heterocycles. The normalized spacial score (nSPS) is 12.2. The van der Waals surface area contributed by atoms with Crippen molar-refractivity contribution in [2.24, 2.45) is 0 Å². The molecule has 6 nitrogen and oxygen atoms in total. The fourth-order valence-electron chi connectivity index (χ4n) is 5.50. The number of carbonyl (C=O) groups excluding carboxylic acids is 1. The average molecular weight is 668 g/mol. The van der Waals surface area contributed by atoms with Crippen LogP contribution >= 0.6 is 11.6 Å². The maximum Gasteiger partial charge on any atom is 0.338 e. The van der Waals surface area contributed by atoms with Crippen molar-refractivity contribution in [3.63, 3.8) is 0 Å². The molecule has 0 unspecified atom stereocenters. The van der Waals surface area contributed by atoms with E-state index in [0.717, 1.165) is 41.6 Å². The number of carbonyl (C=O) groups is 1. The first-order valence-electron chi connectivity index (χ1n) is 15.6. The quantitative estimate of drug-likeness (QED) is 0.120. The van der Waals surface area contributed by atoms with E-state index in [9.17, 15) is 18.3 Å². The Bertz CT molecular complexity index is 1890. The molecule has 5 aromatic rings. The molecule has 5 rings (SSSR count). The van der Waals surface area contributed by atoms with Crippen LogP contribution in [0.2, 0.25) is 5.02 Å². The van der Waals surface area contributed by atoms with Crippen LogP contribution in [0.1, 0.15) is 46.5 Å². The van der Waals surface area contributed by atoms with Gasteiger partial charge in [0.25, 0.3) is 0 Å². The molecule has 242 valence electrons. The summed E-state index contributed by atoms with van der Waals surface area (Å²) < 4.78 is 32.3. The Morgan fingerprint density at radius 3 is 2.21 bits per heavy atom. The first-order valence-corrected chi connectivity index (χ1v) is 17.5. The van der Waals surface area contributed by atoms with Crippen molar-refractivity contribution in [3.8, 4) is 11.1 Å². The second-order valence-corrected chi connectivity index (χ2v) is 13.8. The number of halogens is 1. The molecule has 0 saturated carbocycles. The van der Waals surface area contributed by atoms with Crippen LogP contribution in [-0.4, -0.2) is 44.1 Å². The Labute approximate surface area is 282 Å². The number of rotatable bonds is 14. The molecule has 0 fully saturated rings. The maximum atomic E-state index is 13.6. The largest absolute Gasteiger partial charge is 0.462 e. The van der Waals surface area contributed by atoms with Crippen LogP contribution in [0, 0.1) is 0 Å². The van der Waals surface area contributed by atoms with Gasteiger partial charge in [-0.25, -0.2) is 13.2 Å². The summed E-state index contributed by atoms with van der Waals surface area (Å²) in [6.45, 7) is 3.93. The molecule has 0 heterocycles. The Kier molecular flexibility index (Phi) is 11.6. The van der Waals surface area contributed by atoms with E-state index in [0.29, 0.717) is 29.2 Å². The van der Waals surface area contributed by atoms with E-state index in [1.54, 1.807) is 67.6 Å². The zero-order valence-electron chi connectivity index (χ0n) is 26.3. The molecule has 0 spiro atoms. The van der Waals surface area contributed by atoms with Crippen LogP contribution in [0.25, 0.3) is 11.1 Å². The molecule has 5 aromatic carbocycles. The fraction of sp³-hybridized carbons (Fsp3) is 0.205. The van der Waals surface area contributed by atoms with Gasteiger partial charge in [-0.1, -0.05) is 90.5 Å². The molecule has 47 heavy (non-hydrogen) atoms. The van der Waals surface area contributed by atoms with Gasteiger partial charge < -0.3 is 9.84 Å². The lowest BCUT2D eigenvalue weighted by Gasteiger charge is -2.25. The average Bonchev–Trinajstić information content (AvgIpc) is 3.09. The number of hydrogen-bond donors (Lipinski definition) is 1. The lowest BCUT2D eigenvalue weighted by molar-refractivity contribution is 0.0526. The summed E-state index contributed by atoms with van der Waals surface area (Å²) in [6, 6.07) is 38.2. The summed E-state index contributed by atoms with van der Waals surface area (Å²) in [6.07, 6.45) is 0.904. The molecule has 0 bridgehead atoms. The van der Waals surface area contributed by atoms with E-state index in [2.05, 4.69) is 17.0 Å². The molecule has 8 heteroatoms. The summed E-state index contributed by atoms with van der Waals surface area (Å²) >= 11 is 6.16. The van der Waals surface area contributed by atoms with Gasteiger partial charge >= 0.3 is 5.97 Å². The molecule has 0 radical (unpaired) electrons. The third-order valence-corrected chi connectivity index (χ3v) is 9.94. The monoisotopic (exact) mass is 667 g/mol. The van der Waals surface area contributed by atoms with Crippen molar-refractivity contribution >= 4 is 27.4 Å². The van der Waals surface area contributed by atoms with Crippen LogP contribution in [0.3, 0.4) is 0 Å². The molecule has 0 aliphatic rings. The maximum absolute atomic E-state index is 13.6. The second-order valence-electron chi connectivity index (χ2n) is 11.4. The van der Waals surface area contributed by atoms with E-state index in [-0.39, 0.29) is 16.4 Å². The van der Waals surface area contributed by atoms with Crippen molar-refractivity contribution in [1.29, 1.82) is 0 Å². The SMILES string of the molecule is CCOC(=O)c1cccc(-c2cccc(S(=O)(=O)c3ccc(CCCN(Cc4ccccc4)C[C@H](O)c4cccc(Cl)c4)cc3)c2)c1. The number of aliphatic hydroxyl groups is 1. The number of hydrogen-bond acceptors (Lipinski definition) is 6.